The second kappa shape index (κ2) is 13.9. The van der Waals surface area contributed by atoms with Crippen LogP contribution in [0, 0.1) is 0 Å². The van der Waals surface area contributed by atoms with Gasteiger partial charge in [-0.05, 0) is 31.2 Å². The Morgan fingerprint density at radius 2 is 1.52 bits per heavy atom. The van der Waals surface area contributed by atoms with Crippen LogP contribution >= 0.6 is 0 Å². The van der Waals surface area contributed by atoms with E-state index in [4.69, 9.17) is 9.11 Å². The maximum atomic E-state index is 12.3. The molecular weight excluding hydrogens is 552 g/mol. The quantitative estimate of drug-likeness (QED) is 0.0769. The Labute approximate surface area is 244 Å². The third-order valence-electron chi connectivity index (χ3n) is 3.45. The minimum atomic E-state index is -5.12. The van der Waals surface area contributed by atoms with Gasteiger partial charge in [0.05, 0.1) is 4.90 Å². The van der Waals surface area contributed by atoms with Gasteiger partial charge in [0, 0.05) is 22.8 Å². The summed E-state index contributed by atoms with van der Waals surface area (Å²) in [6.45, 7) is 1.09. The number of phenolic OH excluding ortho intramolecular Hbond substituents is 1. The van der Waals surface area contributed by atoms with Gasteiger partial charge in [-0.15, -0.1) is 10.2 Å². The molecule has 0 unspecified atom stereocenters. The van der Waals surface area contributed by atoms with Crippen molar-refractivity contribution in [1.29, 1.82) is 0 Å². The number of benzene rings is 2. The molecule has 5 N–H and O–H groups in total. The number of hydrogen-bond acceptors (Lipinski definition) is 9. The van der Waals surface area contributed by atoms with Crippen molar-refractivity contribution in [3.63, 3.8) is 0 Å². The fraction of sp³-hybridized carbons (Fsp3) is 0.0625. The van der Waals surface area contributed by atoms with E-state index in [1.54, 1.807) is 30.3 Å². The number of aromatic hydroxyl groups is 1. The first-order chi connectivity index (χ1) is 13.8. The zero-order valence-corrected chi connectivity index (χ0v) is 24.0. The molecule has 0 heterocycles. The zero-order chi connectivity index (χ0) is 22.7. The number of para-hydroxylation sites is 1. The summed E-state index contributed by atoms with van der Waals surface area (Å²) in [5, 5.41) is 28.9. The Bertz CT molecular complexity index is 1270. The number of allylic oxidation sites excluding steroid dienone is 1. The molecule has 171 valence electrons. The zero-order valence-electron chi connectivity index (χ0n) is 17.4. The number of carbonyl (C=O) groups is 1. The second-order valence-electron chi connectivity index (χ2n) is 5.69. The second-order valence-corrected chi connectivity index (χ2v) is 8.50. The molecule has 0 atom stereocenters. The molecule has 0 aliphatic rings. The fourth-order valence-electron chi connectivity index (χ4n) is 2.09. The molecule has 2 aromatic carbocycles. The first kappa shape index (κ1) is 34.4. The van der Waals surface area contributed by atoms with Crippen molar-refractivity contribution in [2.75, 3.05) is 5.32 Å². The van der Waals surface area contributed by atoms with Crippen LogP contribution in [0.1, 0.15) is 6.92 Å². The summed E-state index contributed by atoms with van der Waals surface area (Å²) < 4.78 is 63.7. The monoisotopic (exact) mass is 566 g/mol. The van der Waals surface area contributed by atoms with Crippen molar-refractivity contribution in [3.05, 3.63) is 53.9 Å². The van der Waals surface area contributed by atoms with Crippen molar-refractivity contribution >= 4 is 37.5 Å². The first-order valence-corrected chi connectivity index (χ1v) is 10.7. The van der Waals surface area contributed by atoms with Gasteiger partial charge in [-0.1, -0.05) is 18.2 Å². The summed E-state index contributed by atoms with van der Waals surface area (Å²) >= 11 is 0. The summed E-state index contributed by atoms with van der Waals surface area (Å²) in [6, 6.07) is 8.88. The molecule has 12 nitrogen and oxygen atoms in total. The van der Waals surface area contributed by atoms with Gasteiger partial charge >= 0.3 is 59.1 Å². The number of nitrogens with one attached hydrogen (secondary N) is 1. The Morgan fingerprint density at radius 3 is 1.97 bits per heavy atom. The van der Waals surface area contributed by atoms with Crippen LogP contribution in [-0.4, -0.2) is 42.1 Å². The van der Waals surface area contributed by atoms with Crippen molar-refractivity contribution in [2.24, 2.45) is 10.2 Å². The van der Waals surface area contributed by atoms with Crippen LogP contribution in [0.3, 0.4) is 0 Å². The summed E-state index contributed by atoms with van der Waals surface area (Å²) in [4.78, 5) is 10.00. The predicted octanol–water partition coefficient (Wildman–Crippen LogP) is -3.60. The molecule has 0 saturated carbocycles. The molecule has 17 heteroatoms. The Hall–Kier alpha value is -0.811. The van der Waals surface area contributed by atoms with E-state index in [9.17, 15) is 31.8 Å². The molecule has 0 bridgehead atoms. The molecule has 0 aliphatic heterocycles. The van der Waals surface area contributed by atoms with Gasteiger partial charge < -0.3 is 15.5 Å². The Morgan fingerprint density at radius 1 is 0.970 bits per heavy atom. The van der Waals surface area contributed by atoms with Crippen molar-refractivity contribution in [2.45, 2.75) is 16.7 Å². The number of phenols is 1. The Kier molecular flexibility index (Phi) is 14.5. The van der Waals surface area contributed by atoms with Crippen LogP contribution < -0.4 is 64.4 Å². The number of anilines is 1. The standard InChI is InChI=1S/C16H15N3O9S2.Cu.2Na/c1-9(20)14(16(22)17-10-5-3-2-4-6-10)19-18-12-7-11(29(23,24)25)8-13(15(12)21)30(26,27)28;;;/h2-8,20-21H,1H3,(H,17,22)(H,23,24,25)(H,26,27,28);;;/q;;2*+1. The van der Waals surface area contributed by atoms with Crippen molar-refractivity contribution in [1.82, 2.24) is 0 Å². The van der Waals surface area contributed by atoms with E-state index >= 15 is 0 Å². The van der Waals surface area contributed by atoms with Crippen LogP contribution in [-0.2, 0) is 42.1 Å². The molecule has 0 saturated heterocycles. The van der Waals surface area contributed by atoms with Gasteiger partial charge in [-0.25, -0.2) is 0 Å². The minimum absolute atomic E-state index is 0. The van der Waals surface area contributed by atoms with Gasteiger partial charge in [0.2, 0.25) is 0 Å². The molecule has 1 radical (unpaired) electrons. The number of aliphatic hydroxyl groups excluding tert-OH is 1. The summed E-state index contributed by atoms with van der Waals surface area (Å²) in [7, 11) is -10.1. The predicted molar refractivity (Wildman–Crippen MR) is 103 cm³/mol. The van der Waals surface area contributed by atoms with E-state index < -0.39 is 58.8 Å². The number of amides is 1. The van der Waals surface area contributed by atoms with Crippen LogP contribution in [0.4, 0.5) is 11.4 Å². The molecule has 1 amide bonds. The van der Waals surface area contributed by atoms with E-state index in [-0.39, 0.29) is 76.2 Å². The van der Waals surface area contributed by atoms with Gasteiger partial charge in [-0.2, -0.15) is 16.8 Å². The fourth-order valence-corrected chi connectivity index (χ4v) is 3.31. The van der Waals surface area contributed by atoms with Crippen LogP contribution in [0.25, 0.3) is 0 Å². The molecular formula is C16H15CuN3Na2O9S2+2. The third kappa shape index (κ3) is 9.76. The first-order valence-electron chi connectivity index (χ1n) is 7.80. The third-order valence-corrected chi connectivity index (χ3v) is 5.15. The average Bonchev–Trinajstić information content (AvgIpc) is 2.61. The van der Waals surface area contributed by atoms with Gasteiger partial charge in [0.1, 0.15) is 16.3 Å². The smallest absolute Gasteiger partial charge is 0.510 e. The van der Waals surface area contributed by atoms with Gasteiger partial charge in [-0.3, -0.25) is 13.9 Å². The van der Waals surface area contributed by atoms with Crippen molar-refractivity contribution < 1.29 is 117 Å². The number of hydrogen-bond donors (Lipinski definition) is 5. The SMILES string of the molecule is CC(O)=C(N=Nc1cc(S(=O)(=O)O)cc(S(=O)(=O)O)c1O)C(=O)Nc1ccccc1.[Cu].[Na+].[Na+]. The van der Waals surface area contributed by atoms with Gasteiger partial charge in [0.15, 0.2) is 11.4 Å². The molecule has 2 aromatic rings. The molecule has 33 heavy (non-hydrogen) atoms. The maximum Gasteiger partial charge on any atom is 1.00 e. The maximum absolute atomic E-state index is 12.3. The number of azo groups is 1. The summed E-state index contributed by atoms with van der Waals surface area (Å²) in [5.74, 6) is -2.73. The molecule has 0 aliphatic carbocycles. The molecule has 0 fully saturated rings. The van der Waals surface area contributed by atoms with Gasteiger partial charge in [0.25, 0.3) is 26.1 Å². The summed E-state index contributed by atoms with van der Waals surface area (Å²) in [6.07, 6.45) is 0. The number of nitrogens with zero attached hydrogens (tertiary/aromatic N) is 2. The number of aliphatic hydroxyl groups is 1. The summed E-state index contributed by atoms with van der Waals surface area (Å²) in [5.41, 5.74) is -1.13. The molecule has 0 spiro atoms. The topological polar surface area (TPSA) is 203 Å². The van der Waals surface area contributed by atoms with E-state index in [0.29, 0.717) is 17.8 Å². The Balaban J connectivity index is 0. The molecule has 2 rings (SSSR count). The van der Waals surface area contributed by atoms with E-state index in [2.05, 4.69) is 15.5 Å². The molecule has 0 aromatic heterocycles. The van der Waals surface area contributed by atoms with Crippen LogP contribution in [0.5, 0.6) is 5.75 Å². The average molecular weight is 567 g/mol. The van der Waals surface area contributed by atoms with Crippen LogP contribution in [0.2, 0.25) is 0 Å². The normalized spacial score (nSPS) is 12.0. The number of carbonyl (C=O) groups excluding carboxylic acids is 1. The van der Waals surface area contributed by atoms with E-state index in [0.717, 1.165) is 6.92 Å². The largest absolute Gasteiger partial charge is 1.00 e. The number of rotatable bonds is 6. The van der Waals surface area contributed by atoms with Crippen molar-refractivity contribution in [3.8, 4) is 5.75 Å². The minimum Gasteiger partial charge on any atom is -0.510 e. The van der Waals surface area contributed by atoms with E-state index in [1.807, 2.05) is 0 Å². The van der Waals surface area contributed by atoms with Crippen LogP contribution in [0.15, 0.2) is 73.9 Å². The van der Waals surface area contributed by atoms with E-state index in [1.165, 1.54) is 0 Å².